The van der Waals surface area contributed by atoms with Crippen LogP contribution in [-0.4, -0.2) is 18.0 Å². The molecule has 28 heavy (non-hydrogen) atoms. The van der Waals surface area contributed by atoms with E-state index in [1.807, 2.05) is 26.0 Å². The first-order valence-electron chi connectivity index (χ1n) is 9.19. The van der Waals surface area contributed by atoms with Crippen molar-refractivity contribution in [3.8, 4) is 11.5 Å². The zero-order valence-corrected chi connectivity index (χ0v) is 16.1. The zero-order valence-electron chi connectivity index (χ0n) is 16.1. The van der Waals surface area contributed by atoms with E-state index < -0.39 is 12.5 Å². The lowest BCUT2D eigenvalue weighted by atomic mass is 9.71. The molecule has 0 bridgehead atoms. The molecule has 0 saturated carbocycles. The summed E-state index contributed by atoms with van der Waals surface area (Å²) in [5.74, 6) is 1.11. The highest BCUT2D eigenvalue weighted by atomic mass is 16.5. The fourth-order valence-corrected chi connectivity index (χ4v) is 3.98. The topological polar surface area (TPSA) is 86.0 Å². The molecular weight excluding hydrogens is 360 g/mol. The number of ether oxygens (including phenoxy) is 2. The van der Waals surface area contributed by atoms with Crippen molar-refractivity contribution in [2.45, 2.75) is 39.2 Å². The number of hydrogen-bond acceptors (Lipinski definition) is 6. The van der Waals surface area contributed by atoms with Crippen LogP contribution < -0.4 is 14.9 Å². The van der Waals surface area contributed by atoms with Crippen LogP contribution in [0.5, 0.6) is 11.5 Å². The van der Waals surface area contributed by atoms with Gasteiger partial charge in [-0.05, 0) is 23.1 Å². The average Bonchev–Trinajstić information content (AvgIpc) is 2.66. The van der Waals surface area contributed by atoms with Crippen LogP contribution in [0.2, 0.25) is 0 Å². The van der Waals surface area contributed by atoms with Gasteiger partial charge in [-0.1, -0.05) is 26.0 Å². The van der Waals surface area contributed by atoms with Gasteiger partial charge in [-0.2, -0.15) is 0 Å². The van der Waals surface area contributed by atoms with E-state index in [1.54, 1.807) is 19.2 Å². The Bertz CT molecular complexity index is 1030. The van der Waals surface area contributed by atoms with Gasteiger partial charge in [-0.25, -0.2) is 0 Å². The van der Waals surface area contributed by atoms with Crippen LogP contribution in [-0.2, 0) is 11.4 Å². The summed E-state index contributed by atoms with van der Waals surface area (Å²) >= 11 is 0. The van der Waals surface area contributed by atoms with E-state index in [1.165, 1.54) is 6.07 Å². The minimum atomic E-state index is -0.563. The van der Waals surface area contributed by atoms with Crippen LogP contribution in [0.1, 0.15) is 49.7 Å². The van der Waals surface area contributed by atoms with Crippen LogP contribution in [0.3, 0.4) is 0 Å². The van der Waals surface area contributed by atoms with Gasteiger partial charge in [-0.15, -0.1) is 0 Å². The molecule has 0 fully saturated rings. The van der Waals surface area contributed by atoms with Gasteiger partial charge >= 0.3 is 0 Å². The van der Waals surface area contributed by atoms with Gasteiger partial charge in [0.1, 0.15) is 23.9 Å². The van der Waals surface area contributed by atoms with Crippen molar-refractivity contribution in [3.05, 3.63) is 69.0 Å². The number of Topliss-reactive ketones (excluding diaryl/α,β-unsaturated/α-hetero) is 1. The molecule has 0 saturated heterocycles. The van der Waals surface area contributed by atoms with Gasteiger partial charge in [0.2, 0.25) is 11.2 Å². The molecule has 1 N–H and O–H groups in total. The molecule has 6 nitrogen and oxygen atoms in total. The van der Waals surface area contributed by atoms with E-state index in [9.17, 15) is 14.7 Å². The highest BCUT2D eigenvalue weighted by molar-refractivity contribution is 5.99. The van der Waals surface area contributed by atoms with Crippen LogP contribution in [0.15, 0.2) is 50.9 Å². The highest BCUT2D eigenvalue weighted by Crippen LogP contribution is 2.49. The van der Waals surface area contributed by atoms with Crippen LogP contribution >= 0.6 is 0 Å². The number of aliphatic hydroxyl groups is 1. The number of fused-ring (bicyclic) bond motifs is 1. The molecule has 1 aromatic carbocycles. The molecule has 1 aliphatic heterocycles. The summed E-state index contributed by atoms with van der Waals surface area (Å²) < 4.78 is 17.0. The number of carbonyl (C=O) groups is 1. The summed E-state index contributed by atoms with van der Waals surface area (Å²) in [6.07, 6.45) is 0.947. The predicted octanol–water partition coefficient (Wildman–Crippen LogP) is 3.31. The Morgan fingerprint density at radius 2 is 1.89 bits per heavy atom. The number of aliphatic hydroxyl groups excluding tert-OH is 1. The molecule has 2 aromatic rings. The van der Waals surface area contributed by atoms with Crippen molar-refractivity contribution in [1.82, 2.24) is 0 Å². The van der Waals surface area contributed by atoms with E-state index in [0.29, 0.717) is 29.9 Å². The lowest BCUT2D eigenvalue weighted by Crippen LogP contribution is -2.34. The van der Waals surface area contributed by atoms with E-state index in [-0.39, 0.29) is 33.9 Å². The number of hydrogen-bond donors (Lipinski definition) is 1. The molecule has 0 radical (unpaired) electrons. The molecule has 1 aliphatic carbocycles. The van der Waals surface area contributed by atoms with Crippen molar-refractivity contribution in [2.24, 2.45) is 5.41 Å². The van der Waals surface area contributed by atoms with Crippen molar-refractivity contribution >= 4 is 5.78 Å². The SMILES string of the molecule is COc1ccc(C2C3=C(CC(C)(C)CC3=O)Oc3c2oc(CO)cc3=O)cc1. The number of benzene rings is 1. The second-order valence-electron chi connectivity index (χ2n) is 8.01. The summed E-state index contributed by atoms with van der Waals surface area (Å²) in [6.45, 7) is 3.60. The second-order valence-corrected chi connectivity index (χ2v) is 8.01. The van der Waals surface area contributed by atoms with E-state index in [2.05, 4.69) is 0 Å². The van der Waals surface area contributed by atoms with Crippen LogP contribution in [0.25, 0.3) is 0 Å². The molecule has 6 heteroatoms. The lowest BCUT2D eigenvalue weighted by Gasteiger charge is -2.37. The summed E-state index contributed by atoms with van der Waals surface area (Å²) in [4.78, 5) is 25.7. The second kappa shape index (κ2) is 6.63. The van der Waals surface area contributed by atoms with E-state index >= 15 is 0 Å². The molecule has 1 aromatic heterocycles. The van der Waals surface area contributed by atoms with Gasteiger partial charge < -0.3 is 19.0 Å². The molecule has 0 amide bonds. The molecule has 2 heterocycles. The van der Waals surface area contributed by atoms with Gasteiger partial charge in [0.15, 0.2) is 11.5 Å². The Kier molecular flexibility index (Phi) is 4.38. The van der Waals surface area contributed by atoms with Crippen LogP contribution in [0, 0.1) is 5.41 Å². The van der Waals surface area contributed by atoms with E-state index in [4.69, 9.17) is 13.9 Å². The largest absolute Gasteiger partial charge is 0.497 e. The van der Waals surface area contributed by atoms with Gasteiger partial charge in [0.05, 0.1) is 13.0 Å². The quantitative estimate of drug-likeness (QED) is 0.877. The summed E-state index contributed by atoms with van der Waals surface area (Å²) in [7, 11) is 1.58. The predicted molar refractivity (Wildman–Crippen MR) is 101 cm³/mol. The smallest absolute Gasteiger partial charge is 0.228 e. The number of ketones is 1. The van der Waals surface area contributed by atoms with E-state index in [0.717, 1.165) is 5.56 Å². The third kappa shape index (κ3) is 3.03. The number of rotatable bonds is 3. The minimum absolute atomic E-state index is 0.0187. The summed E-state index contributed by atoms with van der Waals surface area (Å²) in [5.41, 5.74) is 0.703. The molecular formula is C22H22O6. The van der Waals surface area contributed by atoms with Crippen molar-refractivity contribution in [3.63, 3.8) is 0 Å². The molecule has 1 atom stereocenters. The third-order valence-corrected chi connectivity index (χ3v) is 5.24. The fraction of sp³-hybridized carbons (Fsp3) is 0.364. The van der Waals surface area contributed by atoms with Gasteiger partial charge in [0, 0.05) is 24.5 Å². The zero-order chi connectivity index (χ0) is 20.1. The fourth-order valence-electron chi connectivity index (χ4n) is 3.98. The molecule has 0 spiro atoms. The Morgan fingerprint density at radius 3 is 2.54 bits per heavy atom. The lowest BCUT2D eigenvalue weighted by molar-refractivity contribution is -0.118. The normalized spacial score (nSPS) is 20.3. The van der Waals surface area contributed by atoms with Crippen LogP contribution in [0.4, 0.5) is 0 Å². The Hall–Kier alpha value is -2.86. The molecule has 2 aliphatic rings. The van der Waals surface area contributed by atoms with Gasteiger partial charge in [-0.3, -0.25) is 9.59 Å². The maximum absolute atomic E-state index is 13.1. The van der Waals surface area contributed by atoms with Crippen molar-refractivity contribution in [2.75, 3.05) is 7.11 Å². The number of allylic oxidation sites excluding steroid dienone is 2. The Morgan fingerprint density at radius 1 is 1.18 bits per heavy atom. The third-order valence-electron chi connectivity index (χ3n) is 5.24. The van der Waals surface area contributed by atoms with Crippen molar-refractivity contribution < 1.29 is 23.8 Å². The first-order chi connectivity index (χ1) is 13.3. The van der Waals surface area contributed by atoms with Gasteiger partial charge in [0.25, 0.3) is 0 Å². The highest BCUT2D eigenvalue weighted by Gasteiger charge is 2.44. The molecule has 1 unspecified atom stereocenters. The molecule has 4 rings (SSSR count). The first kappa shape index (κ1) is 18.5. The standard InChI is InChI=1S/C22H22O6/c1-22(2)9-16(25)19-17(10-22)28-20-15(24)8-14(11-23)27-21(20)18(19)12-4-6-13(26-3)7-5-12/h4-8,18,23H,9-11H2,1-3H3. The maximum atomic E-state index is 13.1. The minimum Gasteiger partial charge on any atom is -0.497 e. The average molecular weight is 382 g/mol. The summed E-state index contributed by atoms with van der Waals surface area (Å²) in [6, 6.07) is 8.53. The number of methoxy groups -OCH3 is 1. The monoisotopic (exact) mass is 382 g/mol. The summed E-state index contributed by atoms with van der Waals surface area (Å²) in [5, 5.41) is 9.47. The Balaban J connectivity index is 1.95. The maximum Gasteiger partial charge on any atom is 0.228 e. The number of carbonyl (C=O) groups excluding carboxylic acids is 1. The first-order valence-corrected chi connectivity index (χ1v) is 9.19. The van der Waals surface area contributed by atoms with Crippen molar-refractivity contribution in [1.29, 1.82) is 0 Å². The molecule has 146 valence electrons. The Labute approximate surface area is 162 Å².